The van der Waals surface area contributed by atoms with Gasteiger partial charge in [0, 0.05) is 44.2 Å². The van der Waals surface area contributed by atoms with Crippen molar-refractivity contribution in [3.8, 4) is 11.5 Å². The summed E-state index contributed by atoms with van der Waals surface area (Å²) in [6.45, 7) is 5.26. The lowest BCUT2D eigenvalue weighted by Crippen LogP contribution is -2.29. The fourth-order valence-electron chi connectivity index (χ4n) is 5.09. The van der Waals surface area contributed by atoms with Gasteiger partial charge in [0.2, 0.25) is 5.91 Å². The number of likely N-dealkylation sites (tertiary alicyclic amines) is 1. The minimum Gasteiger partial charge on any atom is -0.457 e. The molecule has 1 saturated heterocycles. The summed E-state index contributed by atoms with van der Waals surface area (Å²) in [6, 6.07) is 11.8. The first-order chi connectivity index (χ1) is 18.0. The van der Waals surface area contributed by atoms with Crippen molar-refractivity contribution in [3.05, 3.63) is 72.6 Å². The van der Waals surface area contributed by atoms with E-state index >= 15 is 0 Å². The number of hydrogen-bond acceptors (Lipinski definition) is 7. The maximum atomic E-state index is 11.9. The Morgan fingerprint density at radius 1 is 1.00 bits per heavy atom. The Bertz CT molecular complexity index is 1590. The average molecular weight is 497 g/mol. The molecule has 0 aliphatic carbocycles. The molecule has 5 aromatic rings. The van der Waals surface area contributed by atoms with Gasteiger partial charge in [0.1, 0.15) is 29.7 Å². The minimum atomic E-state index is 0.148. The van der Waals surface area contributed by atoms with Crippen molar-refractivity contribution in [1.82, 2.24) is 34.1 Å². The smallest absolute Gasteiger partial charge is 0.219 e. The highest BCUT2D eigenvalue weighted by atomic mass is 16.5. The Balaban J connectivity index is 1.24. The molecule has 0 unspecified atom stereocenters. The van der Waals surface area contributed by atoms with Crippen LogP contribution in [0.4, 0.5) is 11.5 Å². The van der Waals surface area contributed by atoms with E-state index in [1.54, 1.807) is 17.8 Å². The van der Waals surface area contributed by atoms with Crippen LogP contribution < -0.4 is 10.1 Å². The third-order valence-corrected chi connectivity index (χ3v) is 7.02. The lowest BCUT2D eigenvalue weighted by molar-refractivity contribution is -0.128. The third-order valence-electron chi connectivity index (χ3n) is 7.02. The average Bonchev–Trinajstić information content (AvgIpc) is 3.46. The van der Waals surface area contributed by atoms with Crippen LogP contribution in [0.15, 0.2) is 61.4 Å². The molecule has 1 amide bonds. The number of anilines is 2. The van der Waals surface area contributed by atoms with Crippen LogP contribution in [0.25, 0.3) is 11.2 Å². The van der Waals surface area contributed by atoms with E-state index in [4.69, 9.17) is 4.74 Å². The van der Waals surface area contributed by atoms with Gasteiger partial charge in [-0.25, -0.2) is 19.0 Å². The number of carbonyl (C=O) groups excluding carboxylic acids is 1. The molecule has 0 saturated carbocycles. The van der Waals surface area contributed by atoms with E-state index in [0.717, 1.165) is 66.3 Å². The van der Waals surface area contributed by atoms with E-state index in [-0.39, 0.29) is 5.91 Å². The number of amides is 1. The molecule has 1 fully saturated rings. The molecule has 1 atom stereocenters. The zero-order valence-electron chi connectivity index (χ0n) is 20.8. The lowest BCUT2D eigenvalue weighted by atomic mass is 9.93. The van der Waals surface area contributed by atoms with Gasteiger partial charge in [-0.3, -0.25) is 4.79 Å². The lowest BCUT2D eigenvalue weighted by Gasteiger charge is -2.18. The van der Waals surface area contributed by atoms with Crippen molar-refractivity contribution >= 4 is 28.6 Å². The van der Waals surface area contributed by atoms with Gasteiger partial charge in [-0.2, -0.15) is 10.2 Å². The summed E-state index contributed by atoms with van der Waals surface area (Å²) < 4.78 is 9.69. The fourth-order valence-corrected chi connectivity index (χ4v) is 5.09. The fraction of sp³-hybridized carbons (Fsp3) is 0.296. The quantitative estimate of drug-likeness (QED) is 0.375. The van der Waals surface area contributed by atoms with Crippen molar-refractivity contribution in [2.24, 2.45) is 0 Å². The predicted molar refractivity (Wildman–Crippen MR) is 139 cm³/mol. The molecule has 0 spiro atoms. The number of benzene rings is 1. The zero-order chi connectivity index (χ0) is 25.4. The van der Waals surface area contributed by atoms with Crippen LogP contribution in [0, 0.1) is 6.92 Å². The van der Waals surface area contributed by atoms with Crippen LogP contribution in [0.5, 0.6) is 11.5 Å². The molecule has 6 rings (SSSR count). The molecule has 4 aromatic heterocycles. The molecular weight excluding hydrogens is 468 g/mol. The molecule has 10 heteroatoms. The Hall–Kier alpha value is -4.47. The first-order valence-corrected chi connectivity index (χ1v) is 12.5. The number of aromatic nitrogens is 6. The van der Waals surface area contributed by atoms with Crippen LogP contribution in [-0.4, -0.2) is 53.1 Å². The maximum Gasteiger partial charge on any atom is 0.219 e. The summed E-state index contributed by atoms with van der Waals surface area (Å²) in [4.78, 5) is 22.6. The van der Waals surface area contributed by atoms with Gasteiger partial charge in [-0.1, -0.05) is 0 Å². The monoisotopic (exact) mass is 496 g/mol. The van der Waals surface area contributed by atoms with Crippen LogP contribution in [-0.2, 0) is 4.79 Å². The van der Waals surface area contributed by atoms with Gasteiger partial charge in [0.15, 0.2) is 11.5 Å². The number of aryl methyl sites for hydroxylation is 1. The number of pyridine rings is 1. The second-order valence-corrected chi connectivity index (χ2v) is 9.44. The predicted octanol–water partition coefficient (Wildman–Crippen LogP) is 4.73. The van der Waals surface area contributed by atoms with Gasteiger partial charge >= 0.3 is 0 Å². The zero-order valence-corrected chi connectivity index (χ0v) is 20.8. The Morgan fingerprint density at radius 2 is 1.84 bits per heavy atom. The van der Waals surface area contributed by atoms with E-state index in [0.29, 0.717) is 11.7 Å². The summed E-state index contributed by atoms with van der Waals surface area (Å²) >= 11 is 0. The number of ether oxygens (including phenoxy) is 1. The summed E-state index contributed by atoms with van der Waals surface area (Å²) in [5.41, 5.74) is 4.82. The van der Waals surface area contributed by atoms with Crippen LogP contribution in [0.3, 0.4) is 0 Å². The summed E-state index contributed by atoms with van der Waals surface area (Å²) in [5, 5.41) is 12.0. The standard InChI is InChI=1S/C27H28N8O2/c1-18-14-21(5-6-24(18)37-22-8-12-34-25(15-22)28-16-30-34)32-27-26-23(9-13-35(26)31-17-29-27)20-4-3-10-33(11-7-20)19(2)36/h5-6,8-9,12-17,20H,3-4,7,10-11H2,1-2H3,(H,29,31,32)/t20-/m1/s1. The highest BCUT2D eigenvalue weighted by Crippen LogP contribution is 2.35. The highest BCUT2D eigenvalue weighted by Gasteiger charge is 2.23. The molecule has 1 N–H and O–H groups in total. The number of nitrogens with one attached hydrogen (secondary N) is 1. The first kappa shape index (κ1) is 23.0. The molecule has 188 valence electrons. The normalized spacial score (nSPS) is 16.2. The number of hydrogen-bond donors (Lipinski definition) is 1. The number of fused-ring (bicyclic) bond motifs is 2. The Labute approximate surface area is 213 Å². The summed E-state index contributed by atoms with van der Waals surface area (Å²) in [7, 11) is 0. The van der Waals surface area contributed by atoms with Gasteiger partial charge in [-0.15, -0.1) is 0 Å². The van der Waals surface area contributed by atoms with Crippen molar-refractivity contribution < 1.29 is 9.53 Å². The summed E-state index contributed by atoms with van der Waals surface area (Å²) in [5.74, 6) is 2.72. The van der Waals surface area contributed by atoms with Gasteiger partial charge in [0.05, 0.1) is 0 Å². The topological polar surface area (TPSA) is 102 Å². The van der Waals surface area contributed by atoms with Crippen LogP contribution in [0.2, 0.25) is 0 Å². The van der Waals surface area contributed by atoms with Crippen LogP contribution in [0.1, 0.15) is 43.2 Å². The molecule has 1 aliphatic rings. The molecule has 1 aromatic carbocycles. The highest BCUT2D eigenvalue weighted by molar-refractivity contribution is 5.77. The third kappa shape index (κ3) is 4.57. The molecule has 1 aliphatic heterocycles. The Morgan fingerprint density at radius 3 is 2.70 bits per heavy atom. The van der Waals surface area contributed by atoms with E-state index in [1.165, 1.54) is 11.9 Å². The number of nitrogens with zero attached hydrogens (tertiary/aromatic N) is 7. The van der Waals surface area contributed by atoms with Crippen molar-refractivity contribution in [2.75, 3.05) is 18.4 Å². The second-order valence-electron chi connectivity index (χ2n) is 9.44. The van der Waals surface area contributed by atoms with E-state index < -0.39 is 0 Å². The van der Waals surface area contributed by atoms with E-state index in [2.05, 4.69) is 31.5 Å². The molecule has 0 bridgehead atoms. The number of carbonyl (C=O) groups is 1. The minimum absolute atomic E-state index is 0.148. The molecule has 37 heavy (non-hydrogen) atoms. The van der Waals surface area contributed by atoms with Gasteiger partial charge < -0.3 is 15.0 Å². The van der Waals surface area contributed by atoms with Gasteiger partial charge in [-0.05, 0) is 73.6 Å². The second kappa shape index (κ2) is 9.53. The maximum absolute atomic E-state index is 11.9. The SMILES string of the molecule is CC(=O)N1CCC[C@@H](c2ccn3ncnc(Nc4ccc(Oc5ccn6ncnc6c5)c(C)c4)c23)CC1. The molecular formula is C27H28N8O2. The molecule has 5 heterocycles. The number of rotatable bonds is 5. The summed E-state index contributed by atoms with van der Waals surface area (Å²) in [6.07, 6.45) is 9.84. The van der Waals surface area contributed by atoms with Crippen molar-refractivity contribution in [3.63, 3.8) is 0 Å². The van der Waals surface area contributed by atoms with E-state index in [9.17, 15) is 4.79 Å². The van der Waals surface area contributed by atoms with Crippen molar-refractivity contribution in [2.45, 2.75) is 39.0 Å². The van der Waals surface area contributed by atoms with E-state index in [1.807, 2.05) is 59.1 Å². The Kier molecular flexibility index (Phi) is 5.91. The largest absolute Gasteiger partial charge is 0.457 e. The molecule has 10 nitrogen and oxygen atoms in total. The van der Waals surface area contributed by atoms with Gasteiger partial charge in [0.25, 0.3) is 0 Å². The first-order valence-electron chi connectivity index (χ1n) is 12.5. The molecule has 0 radical (unpaired) electrons. The van der Waals surface area contributed by atoms with Crippen molar-refractivity contribution in [1.29, 1.82) is 0 Å². The van der Waals surface area contributed by atoms with Crippen LogP contribution >= 0.6 is 0 Å².